The first-order chi connectivity index (χ1) is 38.4. The maximum absolute atomic E-state index is 16.0. The Morgan fingerprint density at radius 3 is 1.65 bits per heavy atom. The molecule has 81 heavy (non-hydrogen) atoms. The summed E-state index contributed by atoms with van der Waals surface area (Å²) in [5, 5.41) is 20.0. The monoisotopic (exact) mass is 1180 g/mol. The maximum Gasteiger partial charge on any atom is 0.321 e. The van der Waals surface area contributed by atoms with Crippen molar-refractivity contribution in [3.8, 4) is 0 Å². The summed E-state index contributed by atoms with van der Waals surface area (Å²) in [4.78, 5) is 71.1. The van der Waals surface area contributed by atoms with Crippen molar-refractivity contribution in [2.75, 3.05) is 10.6 Å². The van der Waals surface area contributed by atoms with Crippen molar-refractivity contribution in [3.63, 3.8) is 0 Å². The summed E-state index contributed by atoms with van der Waals surface area (Å²) in [6, 6.07) is 12.4. The molecule has 6 N–H and O–H groups in total. The predicted molar refractivity (Wildman–Crippen MR) is 307 cm³/mol. The minimum Gasteiger partial charge on any atom is -0.480 e. The molecule has 15 nitrogen and oxygen atoms in total. The second-order valence-electron chi connectivity index (χ2n) is 24.5. The summed E-state index contributed by atoms with van der Waals surface area (Å²) in [6.07, 6.45) is 17.1. The van der Waals surface area contributed by atoms with Gasteiger partial charge in [0.15, 0.2) is 21.9 Å². The van der Waals surface area contributed by atoms with Crippen LogP contribution in [0, 0.1) is 33.8 Å². The van der Waals surface area contributed by atoms with Gasteiger partial charge in [-0.1, -0.05) is 86.2 Å². The van der Waals surface area contributed by atoms with Gasteiger partial charge in [-0.05, 0) is 139 Å². The minimum absolute atomic E-state index is 0.0230. The van der Waals surface area contributed by atoms with Crippen molar-refractivity contribution in [1.82, 2.24) is 34.4 Å². The Balaban J connectivity index is 0.000000162. The van der Waals surface area contributed by atoms with Crippen LogP contribution >= 0.6 is 46.4 Å². The molecule has 2 aromatic carbocycles. The number of carboxylic acid groups (broad SMARTS) is 1. The molecule has 21 heteroatoms. The standard InChI is InChI=1S/C31H33Cl2FN4O2.C24H24Cl2FN3O3.C5H9N3/c1-29(2)9-11-30(12-10-29)15-21(24(39)7-5-19-16-35-17-38(19)3)25(20-8-13-36-27(33)26(20)34)31(30)22-6-4-18(32)14-23(22)37-28(31)40;1-22(2)6-8-23(9-7-22)24(14-4-3-12(25)11-15(14)29-21(24)33)16(18(30-23)20(31)32)13-5-10-28-19(26)17(13)27;1-8-4-7-3-5(8)2-6/h4,6,8,13-14,16-17,21,25H,5,7,9-12,15H2,1-3H3,(H,37,40);3-5,10-11,16,18,30H,6-9H2,1-2H3,(H,29,33)(H,31,32);3-4H,2,6H2,1H3/t21-,25-,31+;16-,18+,24?;/m00./s1. The quantitative estimate of drug-likeness (QED) is 0.0905. The van der Waals surface area contributed by atoms with Gasteiger partial charge in [0.2, 0.25) is 11.8 Å². The number of halogens is 6. The number of nitrogens with one attached hydrogen (secondary N) is 3. The molecule has 6 aromatic rings. The van der Waals surface area contributed by atoms with Crippen LogP contribution in [0.1, 0.15) is 137 Å². The maximum atomic E-state index is 16.0. The van der Waals surface area contributed by atoms with Crippen molar-refractivity contribution in [3.05, 3.63) is 152 Å². The number of anilines is 2. The van der Waals surface area contributed by atoms with Crippen LogP contribution in [-0.2, 0) is 57.1 Å². The number of carbonyl (C=O) groups is 4. The van der Waals surface area contributed by atoms with Crippen LogP contribution in [0.2, 0.25) is 20.4 Å². The number of hydrogen-bond donors (Lipinski definition) is 5. The number of carboxylic acids is 1. The second kappa shape index (κ2) is 21.7. The lowest BCUT2D eigenvalue weighted by molar-refractivity contribution is -0.139. The number of fused-ring (bicyclic) bond motifs is 6. The average molecular weight is 1190 g/mol. The third kappa shape index (κ3) is 9.74. The number of amides is 2. The molecule has 1 unspecified atom stereocenters. The zero-order valence-electron chi connectivity index (χ0n) is 46.0. The molecule has 4 spiro atoms. The highest BCUT2D eigenvalue weighted by atomic mass is 35.5. The number of aryl methyl sites for hydroxylation is 3. The summed E-state index contributed by atoms with van der Waals surface area (Å²) in [5.41, 5.74) is 6.49. The summed E-state index contributed by atoms with van der Waals surface area (Å²) in [7, 11) is 3.83. The Morgan fingerprint density at radius 1 is 0.691 bits per heavy atom. The van der Waals surface area contributed by atoms with Crippen LogP contribution in [0.3, 0.4) is 0 Å². The number of nitrogens with two attached hydrogens (primary N) is 1. The number of aromatic nitrogens is 6. The number of rotatable bonds is 8. The van der Waals surface area contributed by atoms with E-state index in [1.165, 1.54) is 18.5 Å². The van der Waals surface area contributed by atoms with Gasteiger partial charge in [0.1, 0.15) is 17.2 Å². The molecule has 4 fully saturated rings. The number of Topliss-reactive ketones (excluding diaryl/α,β-unsaturated/α-hetero) is 1. The first kappa shape index (κ1) is 58.4. The smallest absolute Gasteiger partial charge is 0.321 e. The molecule has 3 aliphatic heterocycles. The van der Waals surface area contributed by atoms with E-state index in [4.69, 9.17) is 52.1 Å². The fraction of sp³-hybridized carbons (Fsp3) is 0.467. The second-order valence-corrected chi connectivity index (χ2v) is 26.1. The molecule has 1 saturated heterocycles. The molecule has 7 heterocycles. The highest BCUT2D eigenvalue weighted by Gasteiger charge is 2.74. The van der Waals surface area contributed by atoms with Gasteiger partial charge >= 0.3 is 5.97 Å². The number of nitrogens with zero attached hydrogens (tertiary/aromatic N) is 6. The van der Waals surface area contributed by atoms with Crippen LogP contribution < -0.4 is 21.7 Å². The Bertz CT molecular complexity index is 3460. The van der Waals surface area contributed by atoms with Crippen LogP contribution in [0.4, 0.5) is 20.2 Å². The van der Waals surface area contributed by atoms with E-state index in [2.05, 4.69) is 63.6 Å². The molecule has 0 bridgehead atoms. The van der Waals surface area contributed by atoms with E-state index in [1.807, 2.05) is 29.3 Å². The van der Waals surface area contributed by atoms with E-state index >= 15 is 8.78 Å². The van der Waals surface area contributed by atoms with E-state index in [9.17, 15) is 24.3 Å². The molecule has 3 aliphatic carbocycles. The molecule has 0 radical (unpaired) electrons. The fourth-order valence-electron chi connectivity index (χ4n) is 14.9. The zero-order chi connectivity index (χ0) is 58.2. The van der Waals surface area contributed by atoms with Gasteiger partial charge in [-0.2, -0.15) is 0 Å². The molecule has 4 aromatic heterocycles. The molecule has 12 rings (SSSR count). The van der Waals surface area contributed by atoms with Gasteiger partial charge in [0.25, 0.3) is 0 Å². The van der Waals surface area contributed by atoms with E-state index in [1.54, 1.807) is 61.4 Å². The zero-order valence-corrected chi connectivity index (χ0v) is 49.0. The topological polar surface area (TPSA) is 212 Å². The third-order valence-electron chi connectivity index (χ3n) is 19.1. The summed E-state index contributed by atoms with van der Waals surface area (Å²) in [5.74, 6) is -5.50. The lowest BCUT2D eigenvalue weighted by Gasteiger charge is -2.51. The molecular formula is C60H66Cl4F2N10O5. The number of carbonyl (C=O) groups excluding carboxylic acids is 3. The minimum atomic E-state index is -1.36. The summed E-state index contributed by atoms with van der Waals surface area (Å²) >= 11 is 24.8. The first-order valence-corrected chi connectivity index (χ1v) is 28.8. The molecule has 6 atom stereocenters. The lowest BCUT2D eigenvalue weighted by atomic mass is 9.51. The normalized spacial score (nSPS) is 25.9. The molecule has 428 valence electrons. The summed E-state index contributed by atoms with van der Waals surface area (Å²) < 4.78 is 35.2. The average Bonchev–Trinajstić information content (AvgIpc) is 2.28. The molecule has 3 saturated carbocycles. The number of hydrogen-bond acceptors (Lipinski definition) is 10. The number of pyridine rings is 2. The Hall–Kier alpha value is -5.82. The number of aliphatic carboxylic acids is 1. The Kier molecular flexibility index (Phi) is 15.7. The van der Waals surface area contributed by atoms with Gasteiger partial charge in [-0.25, -0.2) is 28.7 Å². The van der Waals surface area contributed by atoms with Crippen LogP contribution in [-0.4, -0.2) is 69.3 Å². The Labute approximate surface area is 489 Å². The molecular weight excluding hydrogens is 1120 g/mol. The number of ketones is 1. The van der Waals surface area contributed by atoms with E-state index in [0.29, 0.717) is 59.2 Å². The van der Waals surface area contributed by atoms with E-state index in [-0.39, 0.29) is 56.3 Å². The van der Waals surface area contributed by atoms with Crippen LogP contribution in [0.5, 0.6) is 0 Å². The molecule has 6 aliphatic rings. The van der Waals surface area contributed by atoms with Crippen molar-refractivity contribution in [1.29, 1.82) is 0 Å². The van der Waals surface area contributed by atoms with Gasteiger partial charge in [0.05, 0.1) is 23.8 Å². The van der Waals surface area contributed by atoms with Crippen LogP contribution in [0.15, 0.2) is 86.0 Å². The number of benzene rings is 2. The van der Waals surface area contributed by atoms with Gasteiger partial charge in [-0.3, -0.25) is 24.5 Å². The van der Waals surface area contributed by atoms with E-state index < -0.39 is 63.2 Å². The van der Waals surface area contributed by atoms with Crippen molar-refractivity contribution in [2.24, 2.45) is 42.0 Å². The summed E-state index contributed by atoms with van der Waals surface area (Å²) in [6.45, 7) is 9.40. The Morgan fingerprint density at radius 2 is 1.17 bits per heavy atom. The largest absolute Gasteiger partial charge is 0.480 e. The van der Waals surface area contributed by atoms with Crippen LogP contribution in [0.25, 0.3) is 0 Å². The highest BCUT2D eigenvalue weighted by molar-refractivity contribution is 6.32. The first-order valence-electron chi connectivity index (χ1n) is 27.3. The van der Waals surface area contributed by atoms with Gasteiger partial charge < -0.3 is 30.6 Å². The van der Waals surface area contributed by atoms with Crippen molar-refractivity contribution < 1.29 is 33.1 Å². The van der Waals surface area contributed by atoms with Gasteiger partial charge in [-0.15, -0.1) is 0 Å². The van der Waals surface area contributed by atoms with Gasteiger partial charge in [0, 0.05) is 102 Å². The van der Waals surface area contributed by atoms with E-state index in [0.717, 1.165) is 55.5 Å². The lowest BCUT2D eigenvalue weighted by Crippen LogP contribution is -2.61. The highest BCUT2D eigenvalue weighted by Crippen LogP contribution is 2.73. The molecule has 2 amide bonds. The van der Waals surface area contributed by atoms with Crippen molar-refractivity contribution in [2.45, 2.75) is 139 Å². The SMILES string of the molecule is CC1(C)CCC2(CC1)N[C@@H](C(=O)O)[C@H](c1ccnc(Cl)c1F)C21C(=O)Nc2cc(Cl)ccc21.Cn1cncc1CCC(=O)[C@@H]1CC2(CCC(C)(C)CC2)[C@@]2(C(=O)Nc3cc(Cl)ccc32)[C@H]1c1ccnc(Cl)c1F.Cn1cncc1CN. The third-order valence-corrected chi connectivity index (χ3v) is 20.1. The number of imidazole rings is 2. The fourth-order valence-corrected chi connectivity index (χ4v) is 15.5. The van der Waals surface area contributed by atoms with Crippen molar-refractivity contribution >= 4 is 81.3 Å². The predicted octanol–water partition coefficient (Wildman–Crippen LogP) is 11.8.